The molecule has 0 aliphatic carbocycles. The van der Waals surface area contributed by atoms with Crippen LogP contribution in [0.5, 0.6) is 0 Å². The van der Waals surface area contributed by atoms with Crippen molar-refractivity contribution >= 4 is 15.9 Å². The van der Waals surface area contributed by atoms with Crippen LogP contribution in [0, 0.1) is 12.7 Å². The highest BCUT2D eigenvalue weighted by Crippen LogP contribution is 2.17. The first-order valence-electron chi connectivity index (χ1n) is 8.07. The fourth-order valence-electron chi connectivity index (χ4n) is 2.79. The molecule has 0 saturated heterocycles. The monoisotopic (exact) mass is 400 g/mol. The van der Waals surface area contributed by atoms with Crippen molar-refractivity contribution in [3.05, 3.63) is 97.9 Å². The van der Waals surface area contributed by atoms with Crippen molar-refractivity contribution in [2.45, 2.75) is 26.3 Å². The SMILES string of the molecule is Cc1cc(CCc2ccc(F)cc2)c(Br)c(=O)n1Cc1ccncc1. The number of pyridine rings is 2. The number of hydrogen-bond donors (Lipinski definition) is 0. The standard InChI is InChI=1S/C20H18BrFN2O/c1-14-12-17(5-2-15-3-6-18(22)7-4-15)19(21)20(25)24(14)13-16-8-10-23-11-9-16/h3-4,6-12H,2,5,13H2,1H3. The van der Waals surface area contributed by atoms with Gasteiger partial charge in [0.05, 0.1) is 11.0 Å². The van der Waals surface area contributed by atoms with Crippen LogP contribution in [0.25, 0.3) is 0 Å². The van der Waals surface area contributed by atoms with E-state index in [0.29, 0.717) is 11.0 Å². The van der Waals surface area contributed by atoms with Gasteiger partial charge < -0.3 is 4.57 Å². The quantitative estimate of drug-likeness (QED) is 0.640. The Balaban J connectivity index is 1.82. The Morgan fingerprint density at radius 3 is 2.40 bits per heavy atom. The second kappa shape index (κ2) is 7.74. The van der Waals surface area contributed by atoms with Gasteiger partial charge in [-0.3, -0.25) is 9.78 Å². The van der Waals surface area contributed by atoms with Crippen LogP contribution in [-0.4, -0.2) is 9.55 Å². The van der Waals surface area contributed by atoms with Crippen LogP contribution in [0.1, 0.15) is 22.4 Å². The fourth-order valence-corrected chi connectivity index (χ4v) is 3.32. The summed E-state index contributed by atoms with van der Waals surface area (Å²) in [4.78, 5) is 16.7. The summed E-state index contributed by atoms with van der Waals surface area (Å²) in [7, 11) is 0. The molecule has 3 rings (SSSR count). The fraction of sp³-hybridized carbons (Fsp3) is 0.200. The number of benzene rings is 1. The Kier molecular flexibility index (Phi) is 5.43. The zero-order valence-corrected chi connectivity index (χ0v) is 15.5. The Bertz CT molecular complexity index is 921. The van der Waals surface area contributed by atoms with Gasteiger partial charge in [0.1, 0.15) is 5.82 Å². The number of aromatic nitrogens is 2. The molecule has 0 aliphatic rings. The van der Waals surface area contributed by atoms with Crippen LogP contribution in [0.2, 0.25) is 0 Å². The summed E-state index contributed by atoms with van der Waals surface area (Å²) in [6.07, 6.45) is 4.92. The molecule has 0 N–H and O–H groups in total. The maximum absolute atomic E-state index is 13.0. The summed E-state index contributed by atoms with van der Waals surface area (Å²) >= 11 is 3.46. The van der Waals surface area contributed by atoms with Crippen molar-refractivity contribution in [1.82, 2.24) is 9.55 Å². The van der Waals surface area contributed by atoms with Crippen LogP contribution >= 0.6 is 15.9 Å². The first-order chi connectivity index (χ1) is 12.0. The summed E-state index contributed by atoms with van der Waals surface area (Å²) in [6.45, 7) is 2.46. The average Bonchev–Trinajstić information content (AvgIpc) is 2.63. The summed E-state index contributed by atoms with van der Waals surface area (Å²) in [5, 5.41) is 0. The van der Waals surface area contributed by atoms with Crippen LogP contribution in [0.15, 0.2) is 64.1 Å². The third kappa shape index (κ3) is 4.23. The molecule has 0 atom stereocenters. The molecule has 0 unspecified atom stereocenters. The molecule has 0 radical (unpaired) electrons. The van der Waals surface area contributed by atoms with Gasteiger partial charge in [-0.25, -0.2) is 4.39 Å². The predicted octanol–water partition coefficient (Wildman–Crippen LogP) is 4.29. The van der Waals surface area contributed by atoms with Gasteiger partial charge in [-0.1, -0.05) is 12.1 Å². The van der Waals surface area contributed by atoms with Crippen molar-refractivity contribution in [1.29, 1.82) is 0 Å². The lowest BCUT2D eigenvalue weighted by molar-refractivity contribution is 0.627. The number of hydrogen-bond acceptors (Lipinski definition) is 2. The number of halogens is 2. The minimum absolute atomic E-state index is 0.0362. The molecule has 5 heteroatoms. The van der Waals surface area contributed by atoms with Gasteiger partial charge in [0.25, 0.3) is 5.56 Å². The number of rotatable bonds is 5. The smallest absolute Gasteiger partial charge is 0.265 e. The molecule has 0 spiro atoms. The molecule has 3 nitrogen and oxygen atoms in total. The Hall–Kier alpha value is -2.27. The first-order valence-corrected chi connectivity index (χ1v) is 8.86. The first kappa shape index (κ1) is 17.5. The number of nitrogens with zero attached hydrogens (tertiary/aromatic N) is 2. The molecule has 1 aromatic carbocycles. The van der Waals surface area contributed by atoms with E-state index in [9.17, 15) is 9.18 Å². The Morgan fingerprint density at radius 2 is 1.72 bits per heavy atom. The average molecular weight is 401 g/mol. The largest absolute Gasteiger partial charge is 0.308 e. The van der Waals surface area contributed by atoms with E-state index < -0.39 is 0 Å². The molecule has 0 bridgehead atoms. The van der Waals surface area contributed by atoms with E-state index in [-0.39, 0.29) is 11.4 Å². The molecule has 25 heavy (non-hydrogen) atoms. The van der Waals surface area contributed by atoms with Gasteiger partial charge in [0.2, 0.25) is 0 Å². The van der Waals surface area contributed by atoms with Gasteiger partial charge in [-0.15, -0.1) is 0 Å². The van der Waals surface area contributed by atoms with Crippen LogP contribution in [-0.2, 0) is 19.4 Å². The minimum atomic E-state index is -0.237. The third-order valence-electron chi connectivity index (χ3n) is 4.21. The Morgan fingerprint density at radius 1 is 1.04 bits per heavy atom. The summed E-state index contributed by atoms with van der Waals surface area (Å²) in [5.41, 5.74) is 3.93. The van der Waals surface area contributed by atoms with Crippen LogP contribution in [0.3, 0.4) is 0 Å². The molecule has 0 aliphatic heterocycles. The van der Waals surface area contributed by atoms with Crippen molar-refractivity contribution in [2.75, 3.05) is 0 Å². The van der Waals surface area contributed by atoms with Crippen LogP contribution < -0.4 is 5.56 Å². The van der Waals surface area contributed by atoms with E-state index in [1.807, 2.05) is 25.1 Å². The Labute approximate surface area is 154 Å². The molecular weight excluding hydrogens is 383 g/mol. The van der Waals surface area contributed by atoms with Gasteiger partial charge in [-0.2, -0.15) is 0 Å². The lowest BCUT2D eigenvalue weighted by atomic mass is 10.0. The van der Waals surface area contributed by atoms with E-state index in [1.54, 1.807) is 29.1 Å². The topological polar surface area (TPSA) is 34.9 Å². The van der Waals surface area contributed by atoms with E-state index in [1.165, 1.54) is 12.1 Å². The maximum atomic E-state index is 13.0. The van der Waals surface area contributed by atoms with E-state index in [2.05, 4.69) is 20.9 Å². The molecular formula is C20H18BrFN2O. The summed E-state index contributed by atoms with van der Waals surface area (Å²) in [5.74, 6) is -0.237. The molecule has 128 valence electrons. The highest BCUT2D eigenvalue weighted by Gasteiger charge is 2.11. The zero-order valence-electron chi connectivity index (χ0n) is 13.9. The molecule has 0 fully saturated rings. The second-order valence-electron chi connectivity index (χ2n) is 6.00. The normalized spacial score (nSPS) is 10.8. The second-order valence-corrected chi connectivity index (χ2v) is 6.79. The van der Waals surface area contributed by atoms with Gasteiger partial charge in [0, 0.05) is 18.1 Å². The lowest BCUT2D eigenvalue weighted by Crippen LogP contribution is -2.25. The highest BCUT2D eigenvalue weighted by molar-refractivity contribution is 9.10. The zero-order chi connectivity index (χ0) is 17.8. The molecule has 0 saturated carbocycles. The van der Waals surface area contributed by atoms with E-state index >= 15 is 0 Å². The van der Waals surface area contributed by atoms with Gasteiger partial charge in [0.15, 0.2) is 0 Å². The third-order valence-corrected chi connectivity index (χ3v) is 5.06. The summed E-state index contributed by atoms with van der Waals surface area (Å²) < 4.78 is 15.3. The van der Waals surface area contributed by atoms with Crippen molar-refractivity contribution in [2.24, 2.45) is 0 Å². The highest BCUT2D eigenvalue weighted by atomic mass is 79.9. The maximum Gasteiger partial charge on any atom is 0.265 e. The predicted molar refractivity (Wildman–Crippen MR) is 100 cm³/mol. The van der Waals surface area contributed by atoms with Gasteiger partial charge in [-0.05, 0) is 82.7 Å². The van der Waals surface area contributed by atoms with Crippen molar-refractivity contribution < 1.29 is 4.39 Å². The number of aryl methyl sites for hydroxylation is 3. The summed E-state index contributed by atoms with van der Waals surface area (Å²) in [6, 6.07) is 12.3. The minimum Gasteiger partial charge on any atom is -0.308 e. The molecule has 2 heterocycles. The van der Waals surface area contributed by atoms with E-state index in [4.69, 9.17) is 0 Å². The van der Waals surface area contributed by atoms with E-state index in [0.717, 1.165) is 35.2 Å². The van der Waals surface area contributed by atoms with Crippen molar-refractivity contribution in [3.8, 4) is 0 Å². The van der Waals surface area contributed by atoms with Crippen LogP contribution in [0.4, 0.5) is 4.39 Å². The molecule has 0 amide bonds. The van der Waals surface area contributed by atoms with Gasteiger partial charge >= 0.3 is 0 Å². The molecule has 2 aromatic heterocycles. The molecule has 3 aromatic rings. The lowest BCUT2D eigenvalue weighted by Gasteiger charge is -2.14. The van der Waals surface area contributed by atoms with Crippen molar-refractivity contribution in [3.63, 3.8) is 0 Å².